The van der Waals surface area contributed by atoms with Crippen molar-refractivity contribution in [3.8, 4) is 17.2 Å². The number of benzene rings is 3. The summed E-state index contributed by atoms with van der Waals surface area (Å²) in [6.07, 6.45) is 1.68. The largest absolute Gasteiger partial charge is 0.493 e. The van der Waals surface area contributed by atoms with Gasteiger partial charge in [0.25, 0.3) is 5.56 Å². The first kappa shape index (κ1) is 31.3. The second-order valence-electron chi connectivity index (χ2n) is 10.3. The van der Waals surface area contributed by atoms with E-state index in [-0.39, 0.29) is 18.3 Å². The molecule has 1 aromatic heterocycles. The molecule has 0 spiro atoms. The number of thiazole rings is 1. The van der Waals surface area contributed by atoms with Crippen LogP contribution in [0.25, 0.3) is 6.08 Å². The second kappa shape index (κ2) is 13.7. The minimum atomic E-state index is -0.772. The van der Waals surface area contributed by atoms with Gasteiger partial charge < -0.3 is 18.9 Å². The monoisotopic (exact) mass is 676 g/mol. The van der Waals surface area contributed by atoms with Crippen molar-refractivity contribution in [1.82, 2.24) is 4.57 Å². The third-order valence-electron chi connectivity index (χ3n) is 6.89. The zero-order valence-corrected chi connectivity index (χ0v) is 27.5. The van der Waals surface area contributed by atoms with Crippen LogP contribution < -0.4 is 29.1 Å². The molecule has 5 rings (SSSR count). The number of fused-ring (bicyclic) bond motifs is 1. The Morgan fingerprint density at radius 2 is 1.82 bits per heavy atom. The van der Waals surface area contributed by atoms with E-state index in [2.05, 4.69) is 20.9 Å². The zero-order chi connectivity index (χ0) is 31.4. The highest BCUT2D eigenvalue weighted by atomic mass is 79.9. The molecule has 0 unspecified atom stereocenters. The van der Waals surface area contributed by atoms with E-state index in [1.165, 1.54) is 11.3 Å². The van der Waals surface area contributed by atoms with Gasteiger partial charge in [-0.2, -0.15) is 0 Å². The molecule has 0 fully saturated rings. The normalized spacial score (nSPS) is 14.7. The maximum Gasteiger partial charge on any atom is 0.338 e. The molecule has 8 nitrogen and oxygen atoms in total. The Morgan fingerprint density at radius 1 is 1.07 bits per heavy atom. The predicted molar refractivity (Wildman–Crippen MR) is 174 cm³/mol. The molecule has 3 aromatic carbocycles. The summed E-state index contributed by atoms with van der Waals surface area (Å²) in [6.45, 7) is 7.95. The molecule has 0 saturated carbocycles. The summed E-state index contributed by atoms with van der Waals surface area (Å²) in [5, 5.41) is 0. The van der Waals surface area contributed by atoms with Crippen LogP contribution in [-0.4, -0.2) is 30.4 Å². The van der Waals surface area contributed by atoms with Crippen molar-refractivity contribution in [1.29, 1.82) is 0 Å². The van der Waals surface area contributed by atoms with Crippen molar-refractivity contribution >= 4 is 39.3 Å². The Bertz CT molecular complexity index is 1890. The lowest BCUT2D eigenvalue weighted by Gasteiger charge is -2.26. The lowest BCUT2D eigenvalue weighted by Crippen LogP contribution is -2.40. The summed E-state index contributed by atoms with van der Waals surface area (Å²) >= 11 is 4.70. The second-order valence-corrected chi connectivity index (χ2v) is 12.3. The van der Waals surface area contributed by atoms with E-state index in [0.717, 1.165) is 15.6 Å². The fourth-order valence-electron chi connectivity index (χ4n) is 4.94. The Labute approximate surface area is 268 Å². The zero-order valence-electron chi connectivity index (χ0n) is 25.1. The maximum atomic E-state index is 14.1. The van der Waals surface area contributed by atoms with Crippen LogP contribution in [0.1, 0.15) is 50.4 Å². The molecule has 0 N–H and O–H groups in total. The van der Waals surface area contributed by atoms with Gasteiger partial charge in [-0.1, -0.05) is 63.7 Å². The highest BCUT2D eigenvalue weighted by Crippen LogP contribution is 2.36. The number of rotatable bonds is 10. The topological polar surface area (TPSA) is 88.4 Å². The smallest absolute Gasteiger partial charge is 0.338 e. The van der Waals surface area contributed by atoms with Gasteiger partial charge in [0.05, 0.1) is 35.6 Å². The summed E-state index contributed by atoms with van der Waals surface area (Å²) in [6, 6.07) is 20.1. The number of ether oxygens (including phenoxy) is 4. The van der Waals surface area contributed by atoms with Gasteiger partial charge in [-0.05, 0) is 75.2 Å². The number of halogens is 1. The maximum absolute atomic E-state index is 14.1. The van der Waals surface area contributed by atoms with Crippen molar-refractivity contribution in [3.63, 3.8) is 0 Å². The van der Waals surface area contributed by atoms with Crippen molar-refractivity contribution in [2.45, 2.75) is 46.4 Å². The van der Waals surface area contributed by atoms with E-state index in [4.69, 9.17) is 18.9 Å². The van der Waals surface area contributed by atoms with Crippen molar-refractivity contribution in [2.24, 2.45) is 4.99 Å². The summed E-state index contributed by atoms with van der Waals surface area (Å²) < 4.78 is 26.2. The number of esters is 1. The van der Waals surface area contributed by atoms with E-state index in [9.17, 15) is 9.59 Å². The van der Waals surface area contributed by atoms with Gasteiger partial charge in [-0.3, -0.25) is 9.36 Å². The number of hydrogen-bond donors (Lipinski definition) is 0. The summed E-state index contributed by atoms with van der Waals surface area (Å²) in [4.78, 5) is 32.5. The molecule has 1 atom stereocenters. The van der Waals surface area contributed by atoms with E-state index in [1.54, 1.807) is 31.6 Å². The number of carbonyl (C=O) groups is 1. The molecule has 0 bridgehead atoms. The Kier molecular flexibility index (Phi) is 9.71. The van der Waals surface area contributed by atoms with E-state index < -0.39 is 12.0 Å². The van der Waals surface area contributed by atoms with Crippen molar-refractivity contribution in [3.05, 3.63) is 119 Å². The third-order valence-corrected chi connectivity index (χ3v) is 8.40. The highest BCUT2D eigenvalue weighted by molar-refractivity contribution is 9.10. The first-order valence-corrected chi connectivity index (χ1v) is 15.8. The minimum Gasteiger partial charge on any atom is -0.493 e. The van der Waals surface area contributed by atoms with Crippen LogP contribution in [0.5, 0.6) is 17.2 Å². The molecule has 0 aliphatic carbocycles. The molecule has 10 heteroatoms. The molecular formula is C34H33BrN2O6S. The van der Waals surface area contributed by atoms with Gasteiger partial charge in [-0.15, -0.1) is 0 Å². The first-order chi connectivity index (χ1) is 21.2. The molecule has 4 aromatic rings. The first-order valence-electron chi connectivity index (χ1n) is 14.2. The lowest BCUT2D eigenvalue weighted by molar-refractivity contribution is -0.139. The minimum absolute atomic E-state index is 0.111. The summed E-state index contributed by atoms with van der Waals surface area (Å²) in [5.74, 6) is 1.20. The van der Waals surface area contributed by atoms with Gasteiger partial charge in [0.2, 0.25) is 0 Å². The highest BCUT2D eigenvalue weighted by Gasteiger charge is 2.35. The molecule has 228 valence electrons. The van der Waals surface area contributed by atoms with Crippen LogP contribution in [-0.2, 0) is 16.1 Å². The fourth-order valence-corrected chi connectivity index (χ4v) is 6.25. The van der Waals surface area contributed by atoms with E-state index in [0.29, 0.717) is 50.0 Å². The van der Waals surface area contributed by atoms with Gasteiger partial charge in [-0.25, -0.2) is 9.79 Å². The Balaban J connectivity index is 1.57. The summed E-state index contributed by atoms with van der Waals surface area (Å²) in [5.41, 5.74) is 2.98. The number of nitrogens with zero attached hydrogens (tertiary/aromatic N) is 2. The number of aromatic nitrogens is 1. The Morgan fingerprint density at radius 3 is 2.52 bits per heavy atom. The molecule has 0 saturated heterocycles. The average Bonchev–Trinajstić information content (AvgIpc) is 3.30. The SMILES string of the molecule is CCOC(=O)C1=C(C)N=c2s/c(=C/c3ccc(OCc4ccc(Br)cc4)c(OC)c3)c(=O)n2[C@@H]1c1ccccc1OC(C)C. The molecule has 0 radical (unpaired) electrons. The van der Waals surface area contributed by atoms with Crippen LogP contribution in [0.2, 0.25) is 0 Å². The standard InChI is InChI=1S/C34H33BrN2O6S/c1-6-41-33(39)30-21(4)36-34-37(31(30)25-9-7-8-10-26(25)43-20(2)3)32(38)29(44-34)18-23-13-16-27(28(17-23)40-5)42-19-22-11-14-24(35)15-12-22/h7-18,20,31H,6,19H2,1-5H3/b29-18+/t31-/m1/s1. The van der Waals surface area contributed by atoms with Crippen molar-refractivity contribution in [2.75, 3.05) is 13.7 Å². The number of carbonyl (C=O) groups excluding carboxylic acids is 1. The fraction of sp³-hybridized carbons (Fsp3) is 0.265. The van der Waals surface area contributed by atoms with Crippen LogP contribution in [0.4, 0.5) is 0 Å². The molecule has 0 amide bonds. The molecule has 44 heavy (non-hydrogen) atoms. The van der Waals surface area contributed by atoms with Crippen LogP contribution in [0.3, 0.4) is 0 Å². The molecule has 1 aliphatic rings. The van der Waals surface area contributed by atoms with Gasteiger partial charge in [0.1, 0.15) is 18.4 Å². The number of allylic oxidation sites excluding steroid dienone is 1. The number of para-hydroxylation sites is 1. The van der Waals surface area contributed by atoms with Gasteiger partial charge >= 0.3 is 5.97 Å². The predicted octanol–water partition coefficient (Wildman–Crippen LogP) is 5.94. The average molecular weight is 678 g/mol. The quantitative estimate of drug-likeness (QED) is 0.193. The van der Waals surface area contributed by atoms with Crippen LogP contribution in [0, 0.1) is 0 Å². The molecule has 2 heterocycles. The van der Waals surface area contributed by atoms with Gasteiger partial charge in [0, 0.05) is 10.0 Å². The Hall–Kier alpha value is -4.15. The van der Waals surface area contributed by atoms with Crippen molar-refractivity contribution < 1.29 is 23.7 Å². The lowest BCUT2D eigenvalue weighted by atomic mass is 9.95. The van der Waals surface area contributed by atoms with Crippen LogP contribution >= 0.6 is 27.3 Å². The third kappa shape index (κ3) is 6.66. The number of methoxy groups -OCH3 is 1. The van der Waals surface area contributed by atoms with E-state index in [1.807, 2.05) is 80.6 Å². The van der Waals surface area contributed by atoms with E-state index >= 15 is 0 Å². The van der Waals surface area contributed by atoms with Crippen LogP contribution in [0.15, 0.2) is 92.3 Å². The summed E-state index contributed by atoms with van der Waals surface area (Å²) in [7, 11) is 1.58. The van der Waals surface area contributed by atoms with Gasteiger partial charge in [0.15, 0.2) is 16.3 Å². The molecule has 1 aliphatic heterocycles. The number of hydrogen-bond acceptors (Lipinski definition) is 8. The molecular weight excluding hydrogens is 644 g/mol.